The number of amides is 2. The van der Waals surface area contributed by atoms with Gasteiger partial charge in [0.2, 0.25) is 0 Å². The summed E-state index contributed by atoms with van der Waals surface area (Å²) in [7, 11) is 1.51. The van der Waals surface area contributed by atoms with Gasteiger partial charge in [0.25, 0.3) is 5.91 Å². The van der Waals surface area contributed by atoms with Gasteiger partial charge in [-0.1, -0.05) is 43.7 Å². The van der Waals surface area contributed by atoms with Crippen molar-refractivity contribution in [3.63, 3.8) is 0 Å². The van der Waals surface area contributed by atoms with Crippen molar-refractivity contribution in [1.29, 1.82) is 0 Å². The Kier molecular flexibility index (Phi) is 9.07. The van der Waals surface area contributed by atoms with Gasteiger partial charge in [-0.15, -0.1) is 0 Å². The lowest BCUT2D eigenvalue weighted by molar-refractivity contribution is -0.180. The van der Waals surface area contributed by atoms with Crippen LogP contribution in [0.25, 0.3) is 0 Å². The number of nitrogens with zero attached hydrogens (tertiary/aromatic N) is 1. The van der Waals surface area contributed by atoms with Gasteiger partial charge in [0.1, 0.15) is 17.1 Å². The number of nitrogens with one attached hydrogen (secondary N) is 1. The third-order valence-electron chi connectivity index (χ3n) is 6.42. The van der Waals surface area contributed by atoms with Gasteiger partial charge in [-0.3, -0.25) is 4.79 Å². The molecule has 1 atom stereocenters. The second-order valence-corrected chi connectivity index (χ2v) is 10.7. The number of benzene rings is 2. The Morgan fingerprint density at radius 3 is 2.46 bits per heavy atom. The van der Waals surface area contributed by atoms with Crippen molar-refractivity contribution in [3.8, 4) is 11.5 Å². The molecule has 0 aromatic heterocycles. The number of ether oxygens (including phenoxy) is 3. The summed E-state index contributed by atoms with van der Waals surface area (Å²) in [5, 5.41) is 13.2. The number of phenolic OH excluding ortho intramolecular Hbond substituents is 1. The van der Waals surface area contributed by atoms with Crippen molar-refractivity contribution < 1.29 is 28.9 Å². The standard InChI is InChI=1S/C29H40N2O6/c1-7-8-15-36-29(23-12-10-9-11-20(23)2)18-31(19-29)26(33)25(37-27(34)30-28(3,4)5)16-21-13-14-22(35-6)17-24(21)32/h9-14,17,25,32H,7-8,15-16,18-19H2,1-6H3,(H,30,34). The molecule has 0 bridgehead atoms. The molecule has 1 fully saturated rings. The molecule has 0 radical (unpaired) electrons. The molecule has 1 aliphatic heterocycles. The number of phenols is 1. The molecule has 2 aromatic carbocycles. The average Bonchev–Trinajstić information content (AvgIpc) is 2.80. The number of alkyl carbamates (subject to hydrolysis) is 1. The number of unbranched alkanes of at least 4 members (excludes halogenated alkanes) is 1. The summed E-state index contributed by atoms with van der Waals surface area (Å²) in [6.45, 7) is 11.0. The van der Waals surface area contributed by atoms with E-state index in [1.807, 2.05) is 52.0 Å². The van der Waals surface area contributed by atoms with E-state index in [0.29, 0.717) is 31.0 Å². The van der Waals surface area contributed by atoms with Crippen LogP contribution in [-0.4, -0.2) is 60.5 Å². The SMILES string of the molecule is CCCCOC1(c2ccccc2C)CN(C(=O)C(Cc2ccc(OC)cc2O)OC(=O)NC(C)(C)C)C1. The summed E-state index contributed by atoms with van der Waals surface area (Å²) in [6.07, 6.45) is 0.153. The van der Waals surface area contributed by atoms with Crippen molar-refractivity contribution in [2.45, 2.75) is 71.1 Å². The number of carbonyl (C=O) groups excluding carboxylic acids is 2. The van der Waals surface area contributed by atoms with Gasteiger partial charge < -0.3 is 29.5 Å². The first-order valence-electron chi connectivity index (χ1n) is 12.8. The lowest BCUT2D eigenvalue weighted by Gasteiger charge is -2.51. The van der Waals surface area contributed by atoms with E-state index < -0.39 is 23.3 Å². The first-order chi connectivity index (χ1) is 17.5. The minimum absolute atomic E-state index is 0.0246. The van der Waals surface area contributed by atoms with E-state index in [2.05, 4.69) is 12.2 Å². The van der Waals surface area contributed by atoms with E-state index in [0.717, 1.165) is 24.0 Å². The van der Waals surface area contributed by atoms with Crippen molar-refractivity contribution in [1.82, 2.24) is 10.2 Å². The lowest BCUT2D eigenvalue weighted by Crippen LogP contribution is -2.65. The maximum absolute atomic E-state index is 13.7. The van der Waals surface area contributed by atoms with Crippen molar-refractivity contribution in [2.24, 2.45) is 0 Å². The van der Waals surface area contributed by atoms with Crippen LogP contribution >= 0.6 is 0 Å². The molecular weight excluding hydrogens is 472 g/mol. The van der Waals surface area contributed by atoms with Gasteiger partial charge in [-0.05, 0) is 56.9 Å². The molecule has 2 N–H and O–H groups in total. The number of aryl methyl sites for hydroxylation is 1. The van der Waals surface area contributed by atoms with Gasteiger partial charge >= 0.3 is 6.09 Å². The maximum atomic E-state index is 13.7. The van der Waals surface area contributed by atoms with E-state index in [4.69, 9.17) is 14.2 Å². The Balaban J connectivity index is 1.82. The topological polar surface area (TPSA) is 97.3 Å². The Labute approximate surface area is 219 Å². The predicted octanol–water partition coefficient (Wildman–Crippen LogP) is 4.70. The smallest absolute Gasteiger partial charge is 0.408 e. The molecule has 1 unspecified atom stereocenters. The van der Waals surface area contributed by atoms with Crippen LogP contribution in [0.1, 0.15) is 57.2 Å². The van der Waals surface area contributed by atoms with E-state index in [9.17, 15) is 14.7 Å². The Hall–Kier alpha value is -3.26. The second kappa shape index (κ2) is 11.9. The molecular formula is C29H40N2O6. The van der Waals surface area contributed by atoms with Crippen molar-refractivity contribution >= 4 is 12.0 Å². The van der Waals surface area contributed by atoms with Crippen molar-refractivity contribution in [3.05, 3.63) is 59.2 Å². The zero-order chi connectivity index (χ0) is 27.2. The number of aromatic hydroxyl groups is 1. The van der Waals surface area contributed by atoms with Crippen LogP contribution < -0.4 is 10.1 Å². The molecule has 1 heterocycles. The van der Waals surface area contributed by atoms with E-state index in [1.165, 1.54) is 13.2 Å². The average molecular weight is 513 g/mol. The largest absolute Gasteiger partial charge is 0.508 e. The number of carbonyl (C=O) groups is 2. The third-order valence-corrected chi connectivity index (χ3v) is 6.42. The zero-order valence-corrected chi connectivity index (χ0v) is 22.8. The van der Waals surface area contributed by atoms with Crippen molar-refractivity contribution in [2.75, 3.05) is 26.8 Å². The highest BCUT2D eigenvalue weighted by Crippen LogP contribution is 2.39. The van der Waals surface area contributed by atoms with Crippen LogP contribution in [-0.2, 0) is 26.3 Å². The molecule has 37 heavy (non-hydrogen) atoms. The minimum atomic E-state index is -1.12. The Bertz CT molecular complexity index is 1090. The molecule has 1 aliphatic rings. The summed E-state index contributed by atoms with van der Waals surface area (Å²) >= 11 is 0. The summed E-state index contributed by atoms with van der Waals surface area (Å²) in [5.74, 6) is 0.130. The molecule has 0 saturated carbocycles. The molecule has 0 spiro atoms. The highest BCUT2D eigenvalue weighted by Gasteiger charge is 2.50. The third kappa shape index (κ3) is 7.16. The Morgan fingerprint density at radius 2 is 1.86 bits per heavy atom. The molecule has 1 saturated heterocycles. The molecule has 2 aromatic rings. The van der Waals surface area contributed by atoms with Crippen LogP contribution in [0.2, 0.25) is 0 Å². The highest BCUT2D eigenvalue weighted by atomic mass is 16.6. The molecule has 3 rings (SSSR count). The fourth-order valence-corrected chi connectivity index (χ4v) is 4.45. The van der Waals surface area contributed by atoms with Gasteiger partial charge in [0.15, 0.2) is 6.10 Å². The number of rotatable bonds is 10. The van der Waals surface area contributed by atoms with Gasteiger partial charge in [-0.2, -0.15) is 0 Å². The number of methoxy groups -OCH3 is 1. The number of likely N-dealkylation sites (tertiary alicyclic amines) is 1. The van der Waals surface area contributed by atoms with Crippen LogP contribution in [0.5, 0.6) is 11.5 Å². The van der Waals surface area contributed by atoms with Crippen LogP contribution in [0, 0.1) is 6.92 Å². The maximum Gasteiger partial charge on any atom is 0.408 e. The second-order valence-electron chi connectivity index (χ2n) is 10.7. The first kappa shape index (κ1) is 28.3. The molecule has 202 valence electrons. The lowest BCUT2D eigenvalue weighted by atomic mass is 9.82. The van der Waals surface area contributed by atoms with E-state index in [-0.39, 0.29) is 18.1 Å². The van der Waals surface area contributed by atoms with Crippen LogP contribution in [0.15, 0.2) is 42.5 Å². The zero-order valence-electron chi connectivity index (χ0n) is 22.8. The first-order valence-corrected chi connectivity index (χ1v) is 12.8. The number of hydrogen-bond acceptors (Lipinski definition) is 6. The van der Waals surface area contributed by atoms with Crippen LogP contribution in [0.4, 0.5) is 4.79 Å². The predicted molar refractivity (Wildman–Crippen MR) is 142 cm³/mol. The summed E-state index contributed by atoms with van der Waals surface area (Å²) in [6, 6.07) is 12.9. The van der Waals surface area contributed by atoms with E-state index in [1.54, 1.807) is 17.0 Å². The monoisotopic (exact) mass is 512 g/mol. The van der Waals surface area contributed by atoms with E-state index >= 15 is 0 Å². The summed E-state index contributed by atoms with van der Waals surface area (Å²) in [4.78, 5) is 28.0. The van der Waals surface area contributed by atoms with Crippen LogP contribution in [0.3, 0.4) is 0 Å². The quantitative estimate of drug-likeness (QED) is 0.448. The summed E-state index contributed by atoms with van der Waals surface area (Å²) in [5.41, 5.74) is 1.51. The molecule has 8 nitrogen and oxygen atoms in total. The molecule has 0 aliphatic carbocycles. The van der Waals surface area contributed by atoms with Gasteiger partial charge in [0, 0.05) is 24.6 Å². The fourth-order valence-electron chi connectivity index (χ4n) is 4.45. The summed E-state index contributed by atoms with van der Waals surface area (Å²) < 4.78 is 17.2. The Morgan fingerprint density at radius 1 is 1.16 bits per heavy atom. The molecule has 2 amide bonds. The van der Waals surface area contributed by atoms with Gasteiger partial charge in [-0.25, -0.2) is 4.79 Å². The highest BCUT2D eigenvalue weighted by molar-refractivity contribution is 5.85. The van der Waals surface area contributed by atoms with Gasteiger partial charge in [0.05, 0.1) is 20.2 Å². The molecule has 8 heteroatoms. The fraction of sp³-hybridized carbons (Fsp3) is 0.517. The number of hydrogen-bond donors (Lipinski definition) is 2. The minimum Gasteiger partial charge on any atom is -0.508 e. The normalized spacial score (nSPS) is 15.5.